The number of aryl methyl sites for hydroxylation is 1. The van der Waals surface area contributed by atoms with Crippen LogP contribution >= 0.6 is 0 Å². The second-order valence-electron chi connectivity index (χ2n) is 4.90. The van der Waals surface area contributed by atoms with Crippen molar-refractivity contribution in [1.82, 2.24) is 14.5 Å². The average molecular weight is 338 g/mol. The van der Waals surface area contributed by atoms with Gasteiger partial charge in [0, 0.05) is 32.0 Å². The van der Waals surface area contributed by atoms with Gasteiger partial charge in [-0.1, -0.05) is 18.2 Å². The molecule has 1 aromatic carbocycles. The SMILES string of the molecule is Cn1cc(S(=O)(=O)NCCN(CC(=O)O)c2ccccc2)cn1. The number of hydrogen-bond acceptors (Lipinski definition) is 5. The zero-order chi connectivity index (χ0) is 16.9. The first-order valence-corrected chi connectivity index (χ1v) is 8.37. The van der Waals surface area contributed by atoms with Crippen molar-refractivity contribution in [2.45, 2.75) is 4.90 Å². The van der Waals surface area contributed by atoms with E-state index in [2.05, 4.69) is 9.82 Å². The number of carbonyl (C=O) groups is 1. The van der Waals surface area contributed by atoms with Crippen LogP contribution in [0, 0.1) is 0 Å². The maximum atomic E-state index is 12.1. The summed E-state index contributed by atoms with van der Waals surface area (Å²) in [6.45, 7) is 0.105. The molecule has 0 spiro atoms. The lowest BCUT2D eigenvalue weighted by molar-refractivity contribution is -0.135. The van der Waals surface area contributed by atoms with Gasteiger partial charge in [0.2, 0.25) is 10.0 Å². The van der Waals surface area contributed by atoms with Crippen molar-refractivity contribution in [1.29, 1.82) is 0 Å². The Labute approximate surface area is 134 Å². The number of aliphatic carboxylic acids is 1. The summed E-state index contributed by atoms with van der Waals surface area (Å²) in [5, 5.41) is 12.8. The number of rotatable bonds is 8. The number of carboxylic acids is 1. The molecular formula is C14H18N4O4S. The zero-order valence-corrected chi connectivity index (χ0v) is 13.4. The standard InChI is InChI=1S/C14H18N4O4S/c1-17-10-13(9-15-17)23(21,22)16-7-8-18(11-14(19)20)12-5-3-2-4-6-12/h2-6,9-10,16H,7-8,11H2,1H3,(H,19,20). The maximum Gasteiger partial charge on any atom is 0.323 e. The number of hydrogen-bond donors (Lipinski definition) is 2. The van der Waals surface area contributed by atoms with Crippen LogP contribution < -0.4 is 9.62 Å². The van der Waals surface area contributed by atoms with Crippen molar-refractivity contribution in [3.05, 3.63) is 42.7 Å². The molecule has 0 fully saturated rings. The highest BCUT2D eigenvalue weighted by Crippen LogP contribution is 2.12. The molecule has 1 aromatic heterocycles. The monoisotopic (exact) mass is 338 g/mol. The van der Waals surface area contributed by atoms with E-state index < -0.39 is 16.0 Å². The van der Waals surface area contributed by atoms with E-state index in [0.717, 1.165) is 5.69 Å². The first kappa shape index (κ1) is 17.0. The van der Waals surface area contributed by atoms with E-state index in [9.17, 15) is 13.2 Å². The Bertz CT molecular complexity index is 758. The Morgan fingerprint density at radius 3 is 2.61 bits per heavy atom. The van der Waals surface area contributed by atoms with Crippen molar-refractivity contribution in [2.24, 2.45) is 7.05 Å². The van der Waals surface area contributed by atoms with Gasteiger partial charge < -0.3 is 10.0 Å². The van der Waals surface area contributed by atoms with E-state index in [-0.39, 0.29) is 24.5 Å². The van der Waals surface area contributed by atoms with Crippen LogP contribution in [0.1, 0.15) is 0 Å². The molecule has 0 saturated carbocycles. The minimum Gasteiger partial charge on any atom is -0.480 e. The van der Waals surface area contributed by atoms with Gasteiger partial charge in [-0.15, -0.1) is 0 Å². The second-order valence-corrected chi connectivity index (χ2v) is 6.67. The van der Waals surface area contributed by atoms with E-state index in [1.807, 2.05) is 6.07 Å². The summed E-state index contributed by atoms with van der Waals surface area (Å²) in [6, 6.07) is 8.97. The number of anilines is 1. The van der Waals surface area contributed by atoms with Gasteiger partial charge in [0.05, 0.1) is 6.20 Å². The number of carboxylic acid groups (broad SMARTS) is 1. The van der Waals surface area contributed by atoms with Crippen LogP contribution in [-0.4, -0.2) is 48.9 Å². The average Bonchev–Trinajstić information content (AvgIpc) is 2.94. The molecule has 0 radical (unpaired) electrons. The molecule has 0 unspecified atom stereocenters. The molecule has 1 heterocycles. The Morgan fingerprint density at radius 1 is 1.35 bits per heavy atom. The highest BCUT2D eigenvalue weighted by molar-refractivity contribution is 7.89. The van der Waals surface area contributed by atoms with Crippen molar-refractivity contribution in [3.63, 3.8) is 0 Å². The minimum atomic E-state index is -3.65. The van der Waals surface area contributed by atoms with Crippen LogP contribution in [0.25, 0.3) is 0 Å². The number of para-hydroxylation sites is 1. The van der Waals surface area contributed by atoms with E-state index in [0.29, 0.717) is 0 Å². The molecule has 9 heteroatoms. The lowest BCUT2D eigenvalue weighted by Crippen LogP contribution is -2.37. The second kappa shape index (κ2) is 7.25. The third-order valence-corrected chi connectivity index (χ3v) is 4.53. The van der Waals surface area contributed by atoms with Crippen LogP contribution in [0.2, 0.25) is 0 Å². The number of sulfonamides is 1. The molecule has 2 rings (SSSR count). The third kappa shape index (κ3) is 4.80. The molecule has 0 atom stereocenters. The molecule has 0 bridgehead atoms. The van der Waals surface area contributed by atoms with E-state index in [4.69, 9.17) is 5.11 Å². The van der Waals surface area contributed by atoms with Crippen LogP contribution in [0.5, 0.6) is 0 Å². The molecule has 2 aromatic rings. The zero-order valence-electron chi connectivity index (χ0n) is 12.6. The largest absolute Gasteiger partial charge is 0.480 e. The van der Waals surface area contributed by atoms with Gasteiger partial charge in [0.25, 0.3) is 0 Å². The minimum absolute atomic E-state index is 0.0736. The summed E-state index contributed by atoms with van der Waals surface area (Å²) in [5.74, 6) is -0.982. The highest BCUT2D eigenvalue weighted by atomic mass is 32.2. The fourth-order valence-corrected chi connectivity index (χ4v) is 3.04. The number of aromatic nitrogens is 2. The molecule has 0 aliphatic rings. The fourth-order valence-electron chi connectivity index (χ4n) is 2.04. The number of nitrogens with one attached hydrogen (secondary N) is 1. The molecular weight excluding hydrogens is 320 g/mol. The van der Waals surface area contributed by atoms with Gasteiger partial charge in [0.1, 0.15) is 11.4 Å². The molecule has 0 saturated heterocycles. The highest BCUT2D eigenvalue weighted by Gasteiger charge is 2.17. The lowest BCUT2D eigenvalue weighted by atomic mass is 10.3. The predicted molar refractivity (Wildman–Crippen MR) is 84.7 cm³/mol. The smallest absolute Gasteiger partial charge is 0.323 e. The molecule has 0 aliphatic carbocycles. The molecule has 2 N–H and O–H groups in total. The van der Waals surface area contributed by atoms with Crippen LogP contribution in [0.3, 0.4) is 0 Å². The molecule has 124 valence electrons. The van der Waals surface area contributed by atoms with Gasteiger partial charge in [-0.05, 0) is 12.1 Å². The quantitative estimate of drug-likeness (QED) is 0.717. The lowest BCUT2D eigenvalue weighted by Gasteiger charge is -2.22. The van der Waals surface area contributed by atoms with Crippen LogP contribution in [0.4, 0.5) is 5.69 Å². The van der Waals surface area contributed by atoms with Gasteiger partial charge in [-0.25, -0.2) is 13.1 Å². The summed E-state index contributed by atoms with van der Waals surface area (Å²) in [7, 11) is -2.03. The first-order chi connectivity index (χ1) is 10.9. The Kier molecular flexibility index (Phi) is 5.35. The Hall–Kier alpha value is -2.39. The van der Waals surface area contributed by atoms with Crippen LogP contribution in [0.15, 0.2) is 47.6 Å². The van der Waals surface area contributed by atoms with E-state index in [1.165, 1.54) is 17.1 Å². The normalized spacial score (nSPS) is 11.3. The van der Waals surface area contributed by atoms with Crippen molar-refractivity contribution in [2.75, 3.05) is 24.5 Å². The van der Waals surface area contributed by atoms with Gasteiger partial charge in [-0.3, -0.25) is 9.48 Å². The van der Waals surface area contributed by atoms with E-state index >= 15 is 0 Å². The van der Waals surface area contributed by atoms with Crippen LogP contribution in [-0.2, 0) is 21.9 Å². The molecule has 0 amide bonds. The Balaban J connectivity index is 2.00. The number of nitrogens with zero attached hydrogens (tertiary/aromatic N) is 3. The van der Waals surface area contributed by atoms with Gasteiger partial charge in [0.15, 0.2) is 0 Å². The van der Waals surface area contributed by atoms with Crippen molar-refractivity contribution >= 4 is 21.7 Å². The summed E-state index contributed by atoms with van der Waals surface area (Å²) in [6.07, 6.45) is 2.66. The topological polar surface area (TPSA) is 105 Å². The van der Waals surface area contributed by atoms with Gasteiger partial charge in [-0.2, -0.15) is 5.10 Å². The molecule has 0 aliphatic heterocycles. The molecule has 23 heavy (non-hydrogen) atoms. The van der Waals surface area contributed by atoms with E-state index in [1.54, 1.807) is 36.2 Å². The summed E-state index contributed by atoms with van der Waals surface area (Å²) in [4.78, 5) is 12.6. The predicted octanol–water partition coefficient (Wildman–Crippen LogP) is 0.290. The third-order valence-electron chi connectivity index (χ3n) is 3.11. The van der Waals surface area contributed by atoms with Crippen molar-refractivity contribution < 1.29 is 18.3 Å². The Morgan fingerprint density at radius 2 is 2.04 bits per heavy atom. The summed E-state index contributed by atoms with van der Waals surface area (Å²) >= 11 is 0. The fraction of sp³-hybridized carbons (Fsp3) is 0.286. The van der Waals surface area contributed by atoms with Gasteiger partial charge >= 0.3 is 5.97 Å². The summed E-state index contributed by atoms with van der Waals surface area (Å²) in [5.41, 5.74) is 0.718. The number of benzene rings is 1. The molecule has 8 nitrogen and oxygen atoms in total. The maximum absolute atomic E-state index is 12.1. The summed E-state index contributed by atoms with van der Waals surface area (Å²) < 4.78 is 28.0. The van der Waals surface area contributed by atoms with Crippen molar-refractivity contribution in [3.8, 4) is 0 Å². The first-order valence-electron chi connectivity index (χ1n) is 6.88.